The smallest absolute Gasteiger partial charge is 0.407 e. The molecule has 0 aromatic rings. The van der Waals surface area contributed by atoms with Crippen LogP contribution < -0.4 is 11.1 Å². The number of nitrogens with two attached hydrogens (primary N) is 1. The normalized spacial score (nSPS) is 21.2. The van der Waals surface area contributed by atoms with Gasteiger partial charge in [0, 0.05) is 11.6 Å². The van der Waals surface area contributed by atoms with Crippen LogP contribution >= 0.6 is 0 Å². The quantitative estimate of drug-likeness (QED) is 0.655. The maximum absolute atomic E-state index is 10.9. The first kappa shape index (κ1) is 9.32. The van der Waals surface area contributed by atoms with Crippen LogP contribution in [0.15, 0.2) is 0 Å². The van der Waals surface area contributed by atoms with Gasteiger partial charge in [0.25, 0.3) is 0 Å². The Morgan fingerprint density at radius 3 is 2.67 bits per heavy atom. The second kappa shape index (κ2) is 3.31. The zero-order valence-corrected chi connectivity index (χ0v) is 7.59. The lowest BCUT2D eigenvalue weighted by molar-refractivity contribution is 0.163. The topological polar surface area (TPSA) is 64.3 Å². The van der Waals surface area contributed by atoms with E-state index in [0.717, 1.165) is 19.3 Å². The van der Waals surface area contributed by atoms with Crippen LogP contribution in [-0.4, -0.2) is 24.8 Å². The largest absolute Gasteiger partial charge is 0.453 e. The van der Waals surface area contributed by atoms with Crippen LogP contribution in [-0.2, 0) is 4.74 Å². The van der Waals surface area contributed by atoms with Crippen molar-refractivity contribution in [1.82, 2.24) is 5.32 Å². The number of carbonyl (C=O) groups excluding carboxylic acids is 1. The summed E-state index contributed by atoms with van der Waals surface area (Å²) in [5.74, 6) is 0. The molecule has 1 saturated carbocycles. The molecule has 1 aliphatic carbocycles. The third-order valence-corrected chi connectivity index (χ3v) is 2.41. The van der Waals surface area contributed by atoms with Crippen molar-refractivity contribution < 1.29 is 9.53 Å². The molecular formula is C8H16N2O2. The summed E-state index contributed by atoms with van der Waals surface area (Å²) in [6.07, 6.45) is 2.45. The Kier molecular flexibility index (Phi) is 2.57. The Hall–Kier alpha value is -0.770. The minimum absolute atomic E-state index is 0.0601. The van der Waals surface area contributed by atoms with E-state index < -0.39 is 6.09 Å². The number of amides is 1. The monoisotopic (exact) mass is 172 g/mol. The van der Waals surface area contributed by atoms with E-state index in [9.17, 15) is 4.79 Å². The molecule has 1 fully saturated rings. The van der Waals surface area contributed by atoms with Crippen molar-refractivity contribution >= 4 is 6.09 Å². The summed E-state index contributed by atoms with van der Waals surface area (Å²) in [5, 5.41) is 2.73. The van der Waals surface area contributed by atoms with Crippen LogP contribution in [0.3, 0.4) is 0 Å². The Morgan fingerprint density at radius 1 is 1.75 bits per heavy atom. The number of carbonyl (C=O) groups is 1. The van der Waals surface area contributed by atoms with E-state index in [2.05, 4.69) is 10.1 Å². The summed E-state index contributed by atoms with van der Waals surface area (Å²) in [7, 11) is 1.36. The lowest BCUT2D eigenvalue weighted by atomic mass is 10.1. The molecule has 1 aliphatic rings. The average molecular weight is 172 g/mol. The zero-order valence-electron chi connectivity index (χ0n) is 7.59. The van der Waals surface area contributed by atoms with Crippen molar-refractivity contribution in [1.29, 1.82) is 0 Å². The summed E-state index contributed by atoms with van der Waals surface area (Å²) in [4.78, 5) is 10.9. The molecule has 0 radical (unpaired) electrons. The molecule has 0 aromatic heterocycles. The van der Waals surface area contributed by atoms with Crippen molar-refractivity contribution in [2.24, 2.45) is 5.73 Å². The first-order valence-electron chi connectivity index (χ1n) is 4.25. The lowest BCUT2D eigenvalue weighted by Gasteiger charge is -2.22. The molecular weight excluding hydrogens is 156 g/mol. The number of methoxy groups -OCH3 is 1. The number of hydrogen-bond donors (Lipinski definition) is 2. The van der Waals surface area contributed by atoms with E-state index in [0.29, 0.717) is 0 Å². The maximum atomic E-state index is 10.9. The third-order valence-electron chi connectivity index (χ3n) is 2.41. The van der Waals surface area contributed by atoms with Crippen molar-refractivity contribution in [3.05, 3.63) is 0 Å². The van der Waals surface area contributed by atoms with E-state index in [1.807, 2.05) is 6.92 Å². The molecule has 1 atom stereocenters. The molecule has 12 heavy (non-hydrogen) atoms. The molecule has 0 spiro atoms. The summed E-state index contributed by atoms with van der Waals surface area (Å²) in [6, 6.07) is 0.0601. The van der Waals surface area contributed by atoms with Gasteiger partial charge in [-0.3, -0.25) is 0 Å². The standard InChI is InChI=1S/C8H16N2O2/c1-3-6(8(9)4-5-8)10-7(11)12-2/h6H,3-5,9H2,1-2H3,(H,10,11). The van der Waals surface area contributed by atoms with Gasteiger partial charge in [-0.15, -0.1) is 0 Å². The first-order chi connectivity index (χ1) is 5.62. The fourth-order valence-electron chi connectivity index (χ4n) is 1.35. The highest BCUT2D eigenvalue weighted by Crippen LogP contribution is 2.36. The maximum Gasteiger partial charge on any atom is 0.407 e. The summed E-state index contributed by atoms with van der Waals surface area (Å²) >= 11 is 0. The van der Waals surface area contributed by atoms with Crippen LogP contribution in [0, 0.1) is 0 Å². The van der Waals surface area contributed by atoms with E-state index >= 15 is 0 Å². The highest BCUT2D eigenvalue weighted by molar-refractivity contribution is 5.67. The molecule has 1 unspecified atom stereocenters. The van der Waals surface area contributed by atoms with E-state index in [4.69, 9.17) is 5.73 Å². The van der Waals surface area contributed by atoms with E-state index in [1.54, 1.807) is 0 Å². The van der Waals surface area contributed by atoms with Gasteiger partial charge in [-0.2, -0.15) is 0 Å². The Bertz CT molecular complexity index is 178. The highest BCUT2D eigenvalue weighted by Gasteiger charge is 2.45. The molecule has 0 heterocycles. The predicted octanol–water partition coefficient (Wildman–Crippen LogP) is 0.612. The number of nitrogens with one attached hydrogen (secondary N) is 1. The Balaban J connectivity index is 2.41. The highest BCUT2D eigenvalue weighted by atomic mass is 16.5. The minimum atomic E-state index is -0.390. The average Bonchev–Trinajstić information content (AvgIpc) is 2.79. The number of hydrogen-bond acceptors (Lipinski definition) is 3. The number of rotatable bonds is 3. The summed E-state index contributed by atoms with van der Waals surface area (Å²) in [6.45, 7) is 2.01. The molecule has 1 rings (SSSR count). The van der Waals surface area contributed by atoms with E-state index in [-0.39, 0.29) is 11.6 Å². The van der Waals surface area contributed by atoms with Gasteiger partial charge in [0.15, 0.2) is 0 Å². The molecule has 0 aliphatic heterocycles. The second-order valence-corrected chi connectivity index (χ2v) is 3.33. The molecule has 0 aromatic carbocycles. The lowest BCUT2D eigenvalue weighted by Crippen LogP contribution is -2.49. The van der Waals surface area contributed by atoms with Crippen molar-refractivity contribution in [3.63, 3.8) is 0 Å². The summed E-state index contributed by atoms with van der Waals surface area (Å²) in [5.41, 5.74) is 5.77. The minimum Gasteiger partial charge on any atom is -0.453 e. The van der Waals surface area contributed by atoms with E-state index in [1.165, 1.54) is 7.11 Å². The van der Waals surface area contributed by atoms with Gasteiger partial charge in [0.1, 0.15) is 0 Å². The SMILES string of the molecule is CCC(NC(=O)OC)C1(N)CC1. The fraction of sp³-hybridized carbons (Fsp3) is 0.875. The molecule has 0 saturated heterocycles. The predicted molar refractivity (Wildman–Crippen MR) is 45.8 cm³/mol. The van der Waals surface area contributed by atoms with Crippen LogP contribution in [0.2, 0.25) is 0 Å². The fourth-order valence-corrected chi connectivity index (χ4v) is 1.35. The molecule has 4 nitrogen and oxygen atoms in total. The number of ether oxygens (including phenoxy) is 1. The zero-order chi connectivity index (χ0) is 9.19. The van der Waals surface area contributed by atoms with Gasteiger partial charge < -0.3 is 15.8 Å². The number of alkyl carbamates (subject to hydrolysis) is 1. The van der Waals surface area contributed by atoms with Gasteiger partial charge in [0.05, 0.1) is 7.11 Å². The van der Waals surface area contributed by atoms with Gasteiger partial charge in [-0.05, 0) is 19.3 Å². The molecule has 3 N–H and O–H groups in total. The third kappa shape index (κ3) is 1.88. The summed E-state index contributed by atoms with van der Waals surface area (Å²) < 4.78 is 4.50. The van der Waals surface area contributed by atoms with Crippen LogP contribution in [0.5, 0.6) is 0 Å². The van der Waals surface area contributed by atoms with Crippen molar-refractivity contribution in [2.75, 3.05) is 7.11 Å². The molecule has 0 bridgehead atoms. The van der Waals surface area contributed by atoms with Gasteiger partial charge in [-0.1, -0.05) is 6.92 Å². The van der Waals surface area contributed by atoms with Crippen LogP contribution in [0.4, 0.5) is 4.79 Å². The first-order valence-corrected chi connectivity index (χ1v) is 4.25. The van der Waals surface area contributed by atoms with Crippen molar-refractivity contribution in [2.45, 2.75) is 37.8 Å². The second-order valence-electron chi connectivity index (χ2n) is 3.33. The van der Waals surface area contributed by atoms with Crippen molar-refractivity contribution in [3.8, 4) is 0 Å². The molecule has 70 valence electrons. The van der Waals surface area contributed by atoms with Crippen LogP contribution in [0.1, 0.15) is 26.2 Å². The van der Waals surface area contributed by atoms with Gasteiger partial charge in [0.2, 0.25) is 0 Å². The van der Waals surface area contributed by atoms with Gasteiger partial charge >= 0.3 is 6.09 Å². The van der Waals surface area contributed by atoms with Crippen LogP contribution in [0.25, 0.3) is 0 Å². The van der Waals surface area contributed by atoms with Gasteiger partial charge in [-0.25, -0.2) is 4.79 Å². The Morgan fingerprint density at radius 2 is 2.33 bits per heavy atom. The molecule has 1 amide bonds. The molecule has 4 heteroatoms. The Labute approximate surface area is 72.5 Å².